The van der Waals surface area contributed by atoms with Crippen molar-refractivity contribution in [1.29, 1.82) is 0 Å². The Bertz CT molecular complexity index is 768. The van der Waals surface area contributed by atoms with Gasteiger partial charge in [0.15, 0.2) is 5.60 Å². The van der Waals surface area contributed by atoms with Crippen LogP contribution in [-0.2, 0) is 19.9 Å². The number of carbonyl (C=O) groups is 1. The molecule has 2 rings (SSSR count). The van der Waals surface area contributed by atoms with Gasteiger partial charge in [-0.3, -0.25) is 0 Å². The van der Waals surface area contributed by atoms with Crippen molar-refractivity contribution in [1.82, 2.24) is 0 Å². The number of ether oxygens (including phenoxy) is 2. The van der Waals surface area contributed by atoms with Crippen LogP contribution in [0.25, 0.3) is 5.57 Å². The average Bonchev–Trinajstić information content (AvgIpc) is 2.52. The summed E-state index contributed by atoms with van der Waals surface area (Å²) >= 11 is 0. The Labute approximate surface area is 138 Å². The van der Waals surface area contributed by atoms with Gasteiger partial charge < -0.3 is 9.47 Å². The lowest BCUT2D eigenvalue weighted by Crippen LogP contribution is -2.37. The first-order valence-electron chi connectivity index (χ1n) is 7.54. The first-order valence-corrected chi connectivity index (χ1v) is 7.54. The van der Waals surface area contributed by atoms with Crippen molar-refractivity contribution < 1.29 is 14.3 Å². The zero-order valence-corrected chi connectivity index (χ0v) is 14.8. The summed E-state index contributed by atoms with van der Waals surface area (Å²) in [5.74, 6) is -0.0372. The van der Waals surface area contributed by atoms with E-state index in [0.717, 1.165) is 27.8 Å². The molecular weight excluding hydrogens is 288 g/mol. The highest BCUT2D eigenvalue weighted by Gasteiger charge is 2.45. The molecule has 1 heterocycles. The van der Waals surface area contributed by atoms with Crippen LogP contribution in [0.3, 0.4) is 0 Å². The van der Waals surface area contributed by atoms with Gasteiger partial charge >= 0.3 is 5.97 Å². The first-order chi connectivity index (χ1) is 10.6. The maximum Gasteiger partial charge on any atom is 0.337 e. The number of benzene rings is 1. The van der Waals surface area contributed by atoms with E-state index >= 15 is 0 Å². The number of hydrogen-bond acceptors (Lipinski definition) is 3. The van der Waals surface area contributed by atoms with Crippen LogP contribution in [0.15, 0.2) is 31.1 Å². The van der Waals surface area contributed by atoms with Gasteiger partial charge in [-0.1, -0.05) is 19.7 Å². The zero-order valence-electron chi connectivity index (χ0n) is 14.8. The van der Waals surface area contributed by atoms with E-state index in [4.69, 9.17) is 9.47 Å². The Balaban J connectivity index is 2.91. The SMILES string of the molecule is C=C1OC(C)(C(=C)C(=O)OC)c2c(C)c(C)c(C)c(C)c2C1=C. The molecule has 1 atom stereocenters. The standard InChI is InChI=1S/C20H24O3/c1-10-11(2)13(4)18-17(12(10)3)14(5)16(7)23-20(18,8)15(6)19(21)22-9/h5-7H2,1-4,8-9H3. The van der Waals surface area contributed by atoms with Crippen LogP contribution in [0, 0.1) is 27.7 Å². The number of allylic oxidation sites excluding steroid dienone is 1. The number of esters is 1. The normalized spacial score (nSPS) is 19.9. The molecule has 0 saturated heterocycles. The fourth-order valence-corrected chi connectivity index (χ4v) is 3.31. The van der Waals surface area contributed by atoms with Gasteiger partial charge in [0.05, 0.1) is 12.7 Å². The van der Waals surface area contributed by atoms with E-state index in [0.29, 0.717) is 5.76 Å². The molecule has 0 radical (unpaired) electrons. The molecule has 0 aliphatic carbocycles. The third-order valence-electron chi connectivity index (χ3n) is 5.14. The molecular formula is C20H24O3. The van der Waals surface area contributed by atoms with Crippen LogP contribution in [0.2, 0.25) is 0 Å². The van der Waals surface area contributed by atoms with Crippen molar-refractivity contribution in [3.8, 4) is 0 Å². The Morgan fingerprint density at radius 3 is 2.09 bits per heavy atom. The van der Waals surface area contributed by atoms with Crippen LogP contribution in [-0.4, -0.2) is 13.1 Å². The number of carbonyl (C=O) groups excluding carboxylic acids is 1. The summed E-state index contributed by atoms with van der Waals surface area (Å²) in [5, 5.41) is 0. The lowest BCUT2D eigenvalue weighted by Gasteiger charge is -2.41. The number of hydrogen-bond donors (Lipinski definition) is 0. The smallest absolute Gasteiger partial charge is 0.337 e. The minimum atomic E-state index is -1.02. The van der Waals surface area contributed by atoms with Crippen molar-refractivity contribution in [2.75, 3.05) is 7.11 Å². The summed E-state index contributed by atoms with van der Waals surface area (Å²) in [7, 11) is 1.34. The van der Waals surface area contributed by atoms with Gasteiger partial charge in [-0.2, -0.15) is 0 Å². The molecule has 23 heavy (non-hydrogen) atoms. The molecule has 1 aliphatic heterocycles. The molecule has 1 aromatic rings. The largest absolute Gasteiger partial charge is 0.478 e. The molecule has 0 aromatic heterocycles. The van der Waals surface area contributed by atoms with Crippen molar-refractivity contribution >= 4 is 11.5 Å². The summed E-state index contributed by atoms with van der Waals surface area (Å²) < 4.78 is 10.9. The maximum absolute atomic E-state index is 12.1. The first kappa shape index (κ1) is 17.1. The number of rotatable bonds is 2. The van der Waals surface area contributed by atoms with E-state index in [1.54, 1.807) is 0 Å². The second-order valence-electron chi connectivity index (χ2n) is 6.26. The molecule has 3 heteroatoms. The monoisotopic (exact) mass is 312 g/mol. The average molecular weight is 312 g/mol. The Hall–Kier alpha value is -2.29. The number of methoxy groups -OCH3 is 1. The molecule has 0 bridgehead atoms. The van der Waals surface area contributed by atoms with Gasteiger partial charge in [0.25, 0.3) is 0 Å². The van der Waals surface area contributed by atoms with E-state index in [1.807, 2.05) is 13.8 Å². The molecule has 1 aliphatic rings. The summed E-state index contributed by atoms with van der Waals surface area (Å²) in [6, 6.07) is 0. The predicted molar refractivity (Wildman–Crippen MR) is 93.2 cm³/mol. The molecule has 122 valence electrons. The highest BCUT2D eigenvalue weighted by atomic mass is 16.5. The fourth-order valence-electron chi connectivity index (χ4n) is 3.31. The fraction of sp³-hybridized carbons (Fsp3) is 0.350. The molecule has 1 unspecified atom stereocenters. The lowest BCUT2D eigenvalue weighted by molar-refractivity contribution is -0.139. The minimum absolute atomic E-state index is 0.251. The van der Waals surface area contributed by atoms with Gasteiger partial charge in [0, 0.05) is 11.1 Å². The van der Waals surface area contributed by atoms with E-state index in [1.165, 1.54) is 18.2 Å². The summed E-state index contributed by atoms with van der Waals surface area (Å²) in [4.78, 5) is 12.1. The van der Waals surface area contributed by atoms with Gasteiger partial charge in [-0.05, 0) is 62.4 Å². The van der Waals surface area contributed by atoms with E-state index in [2.05, 4.69) is 40.5 Å². The zero-order chi connectivity index (χ0) is 17.7. The van der Waals surface area contributed by atoms with Crippen LogP contribution in [0.4, 0.5) is 0 Å². The highest BCUT2D eigenvalue weighted by molar-refractivity contribution is 5.93. The predicted octanol–water partition coefficient (Wildman–Crippen LogP) is 4.42. The Morgan fingerprint density at radius 1 is 1.04 bits per heavy atom. The second kappa shape index (κ2) is 5.41. The number of fused-ring (bicyclic) bond motifs is 1. The van der Waals surface area contributed by atoms with Crippen molar-refractivity contribution in [3.63, 3.8) is 0 Å². The Kier molecular flexibility index (Phi) is 4.02. The van der Waals surface area contributed by atoms with E-state index < -0.39 is 11.6 Å². The minimum Gasteiger partial charge on any atom is -0.478 e. The van der Waals surface area contributed by atoms with Crippen molar-refractivity contribution in [3.05, 3.63) is 64.4 Å². The van der Waals surface area contributed by atoms with Crippen molar-refractivity contribution in [2.45, 2.75) is 40.2 Å². The Morgan fingerprint density at radius 2 is 1.57 bits per heavy atom. The van der Waals surface area contributed by atoms with Crippen LogP contribution in [0.1, 0.15) is 40.3 Å². The molecule has 0 saturated carbocycles. The van der Waals surface area contributed by atoms with Crippen LogP contribution in [0.5, 0.6) is 0 Å². The molecule has 1 aromatic carbocycles. The summed E-state index contributed by atoms with van der Waals surface area (Å²) in [5.41, 5.74) is 6.48. The maximum atomic E-state index is 12.1. The highest BCUT2D eigenvalue weighted by Crippen LogP contribution is 2.49. The van der Waals surface area contributed by atoms with Gasteiger partial charge in [0.1, 0.15) is 5.76 Å². The van der Waals surface area contributed by atoms with Crippen molar-refractivity contribution in [2.24, 2.45) is 0 Å². The lowest BCUT2D eigenvalue weighted by atomic mass is 9.74. The topological polar surface area (TPSA) is 35.5 Å². The molecule has 3 nitrogen and oxygen atoms in total. The molecule has 0 amide bonds. The van der Waals surface area contributed by atoms with Crippen LogP contribution >= 0.6 is 0 Å². The molecule has 0 N–H and O–H groups in total. The quantitative estimate of drug-likeness (QED) is 0.599. The molecule has 0 fully saturated rings. The third kappa shape index (κ3) is 2.23. The van der Waals surface area contributed by atoms with E-state index in [-0.39, 0.29) is 5.57 Å². The van der Waals surface area contributed by atoms with E-state index in [9.17, 15) is 4.79 Å². The van der Waals surface area contributed by atoms with Gasteiger partial charge in [-0.25, -0.2) is 4.79 Å². The third-order valence-corrected chi connectivity index (χ3v) is 5.14. The van der Waals surface area contributed by atoms with Gasteiger partial charge in [0.2, 0.25) is 0 Å². The summed E-state index contributed by atoms with van der Waals surface area (Å²) in [6.07, 6.45) is 0. The molecule has 0 spiro atoms. The second-order valence-corrected chi connectivity index (χ2v) is 6.26. The summed E-state index contributed by atoms with van der Waals surface area (Å²) in [6.45, 7) is 22.1. The van der Waals surface area contributed by atoms with Crippen LogP contribution < -0.4 is 0 Å². The van der Waals surface area contributed by atoms with Gasteiger partial charge in [-0.15, -0.1) is 0 Å².